The fourth-order valence-corrected chi connectivity index (χ4v) is 8.59. The summed E-state index contributed by atoms with van der Waals surface area (Å²) in [5.41, 5.74) is -0.239. The number of hydrogen-bond acceptors (Lipinski definition) is 9. The summed E-state index contributed by atoms with van der Waals surface area (Å²) in [6.07, 6.45) is 0.0723. The van der Waals surface area contributed by atoms with Crippen LogP contribution in [-0.2, 0) is 19.1 Å². The number of nitriles is 1. The van der Waals surface area contributed by atoms with Crippen molar-refractivity contribution in [1.29, 1.82) is 5.26 Å². The van der Waals surface area contributed by atoms with Crippen LogP contribution in [0.2, 0.25) is 5.02 Å². The fourth-order valence-electron chi connectivity index (χ4n) is 5.10. The lowest BCUT2D eigenvalue weighted by molar-refractivity contribution is -0.0288. The van der Waals surface area contributed by atoms with Crippen LogP contribution in [0.15, 0.2) is 12.3 Å². The van der Waals surface area contributed by atoms with E-state index in [1.165, 1.54) is 23.6 Å². The van der Waals surface area contributed by atoms with E-state index in [1.807, 2.05) is 6.07 Å². The summed E-state index contributed by atoms with van der Waals surface area (Å²) in [5.74, 6) is -0.898. The monoisotopic (exact) mass is 546 g/mol. The predicted molar refractivity (Wildman–Crippen MR) is 124 cm³/mol. The normalized spacial score (nSPS) is 28.2. The maximum Gasteiger partial charge on any atom is 0.340 e. The maximum atomic E-state index is 12.2. The Bertz CT molecular complexity index is 1370. The molecular formula is C20H24ClN4O8PS. The third-order valence-corrected chi connectivity index (χ3v) is 11.1. The van der Waals surface area contributed by atoms with Crippen LogP contribution in [0, 0.1) is 16.7 Å². The SMILES string of the molecule is N#Cc1nc2c(ccn2[C@@H]2O[C@H](CS(=O)(=O)CP(=O)(O)O)[C@@H](O)[C@H]2O)c(NC2CC3(CC3)C2)c1Cl. The molecular weight excluding hydrogens is 523 g/mol. The standard InChI is InChI=1S/C20H24ClN4O8PS/c21-14-12(7-22)24-18-11(15(14)23-10-5-20(6-10)2-3-20)1-4-25(18)19-17(27)16(26)13(33-19)8-35(31,32)9-34(28,29)30/h1,4,10,13,16-17,19,26-27H,2-3,5-6,8-9H2,(H,23,24)(H2,28,29,30)/t13-,16-,17-,19-/m1/s1. The maximum absolute atomic E-state index is 12.2. The zero-order chi connectivity index (χ0) is 25.3. The molecule has 2 aromatic heterocycles. The van der Waals surface area contributed by atoms with Gasteiger partial charge in [0, 0.05) is 17.6 Å². The van der Waals surface area contributed by atoms with Gasteiger partial charge < -0.3 is 34.6 Å². The lowest BCUT2D eigenvalue weighted by atomic mass is 9.77. The Morgan fingerprint density at radius 1 is 1.31 bits per heavy atom. The summed E-state index contributed by atoms with van der Waals surface area (Å²) in [4.78, 5) is 22.3. The molecule has 2 aliphatic carbocycles. The zero-order valence-electron chi connectivity index (χ0n) is 18.3. The summed E-state index contributed by atoms with van der Waals surface area (Å²) in [7, 11) is -9.17. The predicted octanol–water partition coefficient (Wildman–Crippen LogP) is 1.09. The van der Waals surface area contributed by atoms with Gasteiger partial charge in [0.05, 0.1) is 11.4 Å². The van der Waals surface area contributed by atoms with Crippen molar-refractivity contribution in [3.05, 3.63) is 23.0 Å². The van der Waals surface area contributed by atoms with Crippen LogP contribution in [0.25, 0.3) is 11.0 Å². The molecule has 5 N–H and O–H groups in total. The van der Waals surface area contributed by atoms with Crippen LogP contribution in [0.3, 0.4) is 0 Å². The molecule has 4 atom stereocenters. The van der Waals surface area contributed by atoms with Gasteiger partial charge in [0.25, 0.3) is 0 Å². The molecule has 1 aliphatic heterocycles. The van der Waals surface area contributed by atoms with Crippen molar-refractivity contribution in [2.45, 2.75) is 56.3 Å². The van der Waals surface area contributed by atoms with Crippen LogP contribution >= 0.6 is 19.2 Å². The molecule has 3 fully saturated rings. The lowest BCUT2D eigenvalue weighted by Crippen LogP contribution is -2.36. The minimum atomic E-state index is -4.86. The lowest BCUT2D eigenvalue weighted by Gasteiger charge is -2.37. The summed E-state index contributed by atoms with van der Waals surface area (Å²) in [6, 6.07) is 3.83. The highest BCUT2D eigenvalue weighted by atomic mass is 35.5. The van der Waals surface area contributed by atoms with Crippen LogP contribution in [-0.4, -0.2) is 73.6 Å². The molecule has 3 aliphatic rings. The first-order valence-electron chi connectivity index (χ1n) is 10.9. The van der Waals surface area contributed by atoms with Gasteiger partial charge in [-0.1, -0.05) is 11.6 Å². The Hall–Kier alpha value is -1.75. The van der Waals surface area contributed by atoms with Crippen LogP contribution in [0.1, 0.15) is 37.6 Å². The Kier molecular flexibility index (Phi) is 5.98. The Morgan fingerprint density at radius 2 is 2.00 bits per heavy atom. The molecule has 2 aromatic rings. The number of halogens is 1. The average Bonchev–Trinajstić information content (AvgIpc) is 3.34. The highest BCUT2D eigenvalue weighted by Crippen LogP contribution is 2.61. The van der Waals surface area contributed by atoms with Crippen molar-refractivity contribution in [3.63, 3.8) is 0 Å². The van der Waals surface area contributed by atoms with Crippen molar-refractivity contribution in [1.82, 2.24) is 9.55 Å². The van der Waals surface area contributed by atoms with E-state index in [9.17, 15) is 28.5 Å². The second-order valence-electron chi connectivity index (χ2n) is 9.72. The minimum absolute atomic E-state index is 0.0455. The second kappa shape index (κ2) is 8.39. The van der Waals surface area contributed by atoms with Crippen molar-refractivity contribution < 1.29 is 37.7 Å². The molecule has 15 heteroatoms. The summed E-state index contributed by atoms with van der Waals surface area (Å²) >= 11 is 6.46. The number of rotatable bonds is 7. The number of aromatic nitrogens is 2. The van der Waals surface area contributed by atoms with Crippen molar-refractivity contribution in [3.8, 4) is 6.07 Å². The van der Waals surface area contributed by atoms with E-state index >= 15 is 0 Å². The van der Waals surface area contributed by atoms with Crippen LogP contribution < -0.4 is 5.32 Å². The number of hydrogen-bond donors (Lipinski definition) is 5. The summed E-state index contributed by atoms with van der Waals surface area (Å²) < 4.78 is 42.5. The van der Waals surface area contributed by atoms with Gasteiger partial charge in [-0.05, 0) is 37.2 Å². The molecule has 190 valence electrons. The minimum Gasteiger partial charge on any atom is -0.387 e. The van der Waals surface area contributed by atoms with Gasteiger partial charge in [-0.25, -0.2) is 13.4 Å². The first-order valence-corrected chi connectivity index (χ1v) is 14.9. The topological polar surface area (TPSA) is 195 Å². The number of ether oxygens (including phenoxy) is 1. The van der Waals surface area contributed by atoms with Gasteiger partial charge in [-0.3, -0.25) is 4.57 Å². The largest absolute Gasteiger partial charge is 0.387 e. The number of nitrogens with zero attached hydrogens (tertiary/aromatic N) is 3. The van der Waals surface area contributed by atoms with Crippen LogP contribution in [0.4, 0.5) is 5.69 Å². The van der Waals surface area contributed by atoms with Crippen molar-refractivity contribution in [2.24, 2.45) is 5.41 Å². The van der Waals surface area contributed by atoms with Gasteiger partial charge in [0.1, 0.15) is 35.1 Å². The molecule has 3 heterocycles. The number of sulfone groups is 1. The molecule has 0 radical (unpaired) electrons. The molecule has 35 heavy (non-hydrogen) atoms. The molecule has 0 bridgehead atoms. The van der Waals surface area contributed by atoms with E-state index in [2.05, 4.69) is 10.3 Å². The van der Waals surface area contributed by atoms with Gasteiger partial charge in [-0.2, -0.15) is 5.26 Å². The van der Waals surface area contributed by atoms with Gasteiger partial charge in [0.15, 0.2) is 27.3 Å². The molecule has 1 saturated heterocycles. The number of fused-ring (bicyclic) bond motifs is 1. The summed E-state index contributed by atoms with van der Waals surface area (Å²) in [6.45, 7) is 0. The Morgan fingerprint density at radius 3 is 2.60 bits per heavy atom. The number of aliphatic hydroxyl groups is 2. The number of nitrogens with one attached hydrogen (secondary N) is 1. The van der Waals surface area contributed by atoms with E-state index < -0.39 is 53.2 Å². The smallest absolute Gasteiger partial charge is 0.340 e. The Labute approximate surface area is 205 Å². The highest BCUT2D eigenvalue weighted by Gasteiger charge is 2.53. The van der Waals surface area contributed by atoms with E-state index in [-0.39, 0.29) is 22.4 Å². The van der Waals surface area contributed by atoms with Crippen molar-refractivity contribution >= 4 is 45.8 Å². The van der Waals surface area contributed by atoms with E-state index in [0.717, 1.165) is 12.8 Å². The molecule has 1 spiro atoms. The molecule has 12 nitrogen and oxygen atoms in total. The van der Waals surface area contributed by atoms with Crippen molar-refractivity contribution in [2.75, 3.05) is 16.6 Å². The quantitative estimate of drug-likeness (QED) is 0.312. The first kappa shape index (κ1) is 24.9. The highest BCUT2D eigenvalue weighted by molar-refractivity contribution is 7.97. The molecule has 0 unspecified atom stereocenters. The third kappa shape index (κ3) is 4.70. The third-order valence-electron chi connectivity index (χ3n) is 6.97. The Balaban J connectivity index is 1.44. The van der Waals surface area contributed by atoms with Crippen LogP contribution in [0.5, 0.6) is 0 Å². The van der Waals surface area contributed by atoms with E-state index in [0.29, 0.717) is 16.5 Å². The molecule has 5 rings (SSSR count). The second-order valence-corrected chi connectivity index (χ2v) is 14.3. The molecule has 0 aromatic carbocycles. The van der Waals surface area contributed by atoms with E-state index in [4.69, 9.17) is 26.1 Å². The first-order chi connectivity index (χ1) is 16.3. The number of aliphatic hydroxyl groups excluding tert-OH is 2. The fraction of sp³-hybridized carbons (Fsp3) is 0.600. The number of anilines is 1. The zero-order valence-corrected chi connectivity index (χ0v) is 20.7. The summed E-state index contributed by atoms with van der Waals surface area (Å²) in [5, 5.41) is 34.7. The molecule has 2 saturated carbocycles. The average molecular weight is 547 g/mol. The van der Waals surface area contributed by atoms with Gasteiger partial charge in [0.2, 0.25) is 0 Å². The number of pyridine rings is 1. The van der Waals surface area contributed by atoms with Gasteiger partial charge >= 0.3 is 7.60 Å². The van der Waals surface area contributed by atoms with Gasteiger partial charge in [-0.15, -0.1) is 0 Å². The molecule has 0 amide bonds. The van der Waals surface area contributed by atoms with E-state index in [1.54, 1.807) is 6.07 Å².